The average molecular weight is 304 g/mol. The SMILES string of the molecule is CC(C)(CC(O)(CO)C(F)(F)F)C1Cc2ccccc2O1. The molecule has 2 rings (SSSR count). The number of alkyl halides is 3. The van der Waals surface area contributed by atoms with Gasteiger partial charge in [-0.2, -0.15) is 13.2 Å². The summed E-state index contributed by atoms with van der Waals surface area (Å²) in [6.07, 6.45) is -5.50. The van der Waals surface area contributed by atoms with Crippen LogP contribution in [-0.2, 0) is 6.42 Å². The van der Waals surface area contributed by atoms with Gasteiger partial charge in [-0.05, 0) is 18.1 Å². The van der Waals surface area contributed by atoms with E-state index in [2.05, 4.69) is 0 Å². The zero-order valence-corrected chi connectivity index (χ0v) is 11.9. The van der Waals surface area contributed by atoms with Crippen LogP contribution in [0.1, 0.15) is 25.8 Å². The zero-order chi connectivity index (χ0) is 15.9. The third-order valence-electron chi connectivity index (χ3n) is 4.06. The summed E-state index contributed by atoms with van der Waals surface area (Å²) in [4.78, 5) is 0. The van der Waals surface area contributed by atoms with Crippen LogP contribution in [0.15, 0.2) is 24.3 Å². The number of para-hydroxylation sites is 1. The Kier molecular flexibility index (Phi) is 3.97. The largest absolute Gasteiger partial charge is 0.489 e. The summed E-state index contributed by atoms with van der Waals surface area (Å²) in [6, 6.07) is 7.28. The lowest BCUT2D eigenvalue weighted by Gasteiger charge is -2.39. The lowest BCUT2D eigenvalue weighted by molar-refractivity contribution is -0.282. The van der Waals surface area contributed by atoms with E-state index in [-0.39, 0.29) is 0 Å². The van der Waals surface area contributed by atoms with Crippen LogP contribution in [0.25, 0.3) is 0 Å². The van der Waals surface area contributed by atoms with Crippen molar-refractivity contribution in [1.29, 1.82) is 0 Å². The highest BCUT2D eigenvalue weighted by molar-refractivity contribution is 5.37. The molecule has 0 amide bonds. The van der Waals surface area contributed by atoms with Crippen LogP contribution in [0.4, 0.5) is 13.2 Å². The summed E-state index contributed by atoms with van der Waals surface area (Å²) in [7, 11) is 0. The molecule has 1 aromatic carbocycles. The summed E-state index contributed by atoms with van der Waals surface area (Å²) >= 11 is 0. The molecule has 2 N–H and O–H groups in total. The minimum atomic E-state index is -4.88. The Hall–Kier alpha value is -1.27. The third kappa shape index (κ3) is 3.01. The van der Waals surface area contributed by atoms with Gasteiger partial charge in [-0.25, -0.2) is 0 Å². The second-order valence-electron chi connectivity index (χ2n) is 6.27. The highest BCUT2D eigenvalue weighted by atomic mass is 19.4. The molecule has 0 saturated carbocycles. The molecule has 0 fully saturated rings. The number of hydrogen-bond donors (Lipinski definition) is 2. The highest BCUT2D eigenvalue weighted by Gasteiger charge is 2.57. The molecule has 0 aromatic heterocycles. The molecule has 118 valence electrons. The Morgan fingerprint density at radius 1 is 1.24 bits per heavy atom. The summed E-state index contributed by atoms with van der Waals surface area (Å²) in [5.41, 5.74) is -3.13. The van der Waals surface area contributed by atoms with Gasteiger partial charge in [0.25, 0.3) is 0 Å². The van der Waals surface area contributed by atoms with Crippen molar-refractivity contribution in [3.8, 4) is 5.75 Å². The van der Waals surface area contributed by atoms with Gasteiger partial charge in [-0.1, -0.05) is 32.0 Å². The molecule has 0 radical (unpaired) electrons. The summed E-state index contributed by atoms with van der Waals surface area (Å²) in [6.45, 7) is 1.85. The van der Waals surface area contributed by atoms with E-state index in [9.17, 15) is 18.3 Å². The Bertz CT molecular complexity index is 488. The van der Waals surface area contributed by atoms with E-state index < -0.39 is 36.3 Å². The molecule has 0 aliphatic carbocycles. The van der Waals surface area contributed by atoms with E-state index in [1.807, 2.05) is 12.1 Å². The molecule has 1 aliphatic heterocycles. The first-order valence-electron chi connectivity index (χ1n) is 6.74. The Morgan fingerprint density at radius 2 is 1.86 bits per heavy atom. The zero-order valence-electron chi connectivity index (χ0n) is 11.9. The number of benzene rings is 1. The number of rotatable bonds is 4. The first kappa shape index (κ1) is 16.1. The Labute approximate surface area is 121 Å². The summed E-state index contributed by atoms with van der Waals surface area (Å²) < 4.78 is 44.5. The lowest BCUT2D eigenvalue weighted by atomic mass is 9.75. The van der Waals surface area contributed by atoms with Gasteiger partial charge in [0.15, 0.2) is 5.60 Å². The topological polar surface area (TPSA) is 49.7 Å². The second-order valence-corrected chi connectivity index (χ2v) is 6.27. The number of ether oxygens (including phenoxy) is 1. The molecule has 0 saturated heterocycles. The number of aliphatic hydroxyl groups excluding tert-OH is 1. The molecule has 21 heavy (non-hydrogen) atoms. The number of hydrogen-bond acceptors (Lipinski definition) is 3. The fraction of sp³-hybridized carbons (Fsp3) is 0.600. The van der Waals surface area contributed by atoms with Crippen LogP contribution in [0, 0.1) is 5.41 Å². The number of halogens is 3. The van der Waals surface area contributed by atoms with Crippen LogP contribution < -0.4 is 4.74 Å². The van der Waals surface area contributed by atoms with Crippen molar-refractivity contribution >= 4 is 0 Å². The van der Waals surface area contributed by atoms with E-state index in [4.69, 9.17) is 9.84 Å². The predicted molar refractivity (Wildman–Crippen MR) is 71.1 cm³/mol. The van der Waals surface area contributed by atoms with Gasteiger partial charge >= 0.3 is 6.18 Å². The molecule has 2 unspecified atom stereocenters. The average Bonchev–Trinajstić information content (AvgIpc) is 2.81. The van der Waals surface area contributed by atoms with Crippen LogP contribution in [0.2, 0.25) is 0 Å². The van der Waals surface area contributed by atoms with Crippen molar-refractivity contribution < 1.29 is 28.1 Å². The van der Waals surface area contributed by atoms with Crippen LogP contribution in [0.5, 0.6) is 5.75 Å². The lowest BCUT2D eigenvalue weighted by Crippen LogP contribution is -2.53. The normalized spacial score (nSPS) is 21.6. The van der Waals surface area contributed by atoms with Crippen LogP contribution in [-0.4, -0.2) is 34.7 Å². The van der Waals surface area contributed by atoms with Gasteiger partial charge in [-0.3, -0.25) is 0 Å². The molecule has 0 spiro atoms. The van der Waals surface area contributed by atoms with Gasteiger partial charge in [-0.15, -0.1) is 0 Å². The quantitative estimate of drug-likeness (QED) is 0.899. The molecule has 6 heteroatoms. The van der Waals surface area contributed by atoms with Crippen LogP contribution >= 0.6 is 0 Å². The molecule has 3 nitrogen and oxygen atoms in total. The van der Waals surface area contributed by atoms with Gasteiger partial charge < -0.3 is 14.9 Å². The molecule has 1 aliphatic rings. The van der Waals surface area contributed by atoms with Crippen molar-refractivity contribution in [3.63, 3.8) is 0 Å². The van der Waals surface area contributed by atoms with Crippen molar-refractivity contribution in [2.75, 3.05) is 6.61 Å². The predicted octanol–water partition coefficient (Wildman–Crippen LogP) is 2.69. The van der Waals surface area contributed by atoms with Crippen molar-refractivity contribution in [3.05, 3.63) is 29.8 Å². The van der Waals surface area contributed by atoms with E-state index in [1.165, 1.54) is 0 Å². The van der Waals surface area contributed by atoms with E-state index in [1.54, 1.807) is 26.0 Å². The maximum absolute atomic E-state index is 12.9. The second kappa shape index (κ2) is 5.18. The van der Waals surface area contributed by atoms with Crippen molar-refractivity contribution in [1.82, 2.24) is 0 Å². The Balaban J connectivity index is 2.17. The molecule has 2 atom stereocenters. The van der Waals surface area contributed by atoms with Gasteiger partial charge in [0.1, 0.15) is 11.9 Å². The molecule has 1 heterocycles. The van der Waals surface area contributed by atoms with Crippen molar-refractivity contribution in [2.24, 2.45) is 5.41 Å². The number of fused-ring (bicyclic) bond motifs is 1. The standard InChI is InChI=1S/C15H19F3O3/c1-13(2,8-14(20,9-19)15(16,17)18)12-7-10-5-3-4-6-11(10)21-12/h3-6,12,19-20H,7-9H2,1-2H3. The fourth-order valence-electron chi connectivity index (χ4n) is 2.73. The van der Waals surface area contributed by atoms with Gasteiger partial charge in [0.2, 0.25) is 0 Å². The molecular weight excluding hydrogens is 285 g/mol. The molecular formula is C15H19F3O3. The maximum atomic E-state index is 12.9. The summed E-state index contributed by atoms with van der Waals surface area (Å²) in [5, 5.41) is 18.7. The fourth-order valence-corrected chi connectivity index (χ4v) is 2.73. The summed E-state index contributed by atoms with van der Waals surface area (Å²) in [5.74, 6) is 0.662. The smallest absolute Gasteiger partial charge is 0.419 e. The van der Waals surface area contributed by atoms with Gasteiger partial charge in [0, 0.05) is 11.8 Å². The maximum Gasteiger partial charge on any atom is 0.419 e. The van der Waals surface area contributed by atoms with E-state index >= 15 is 0 Å². The minimum absolute atomic E-state index is 0.477. The van der Waals surface area contributed by atoms with Gasteiger partial charge in [0.05, 0.1) is 6.61 Å². The number of aliphatic hydroxyl groups is 2. The van der Waals surface area contributed by atoms with Crippen LogP contribution in [0.3, 0.4) is 0 Å². The van der Waals surface area contributed by atoms with Crippen molar-refractivity contribution in [2.45, 2.75) is 44.6 Å². The van der Waals surface area contributed by atoms with E-state index in [0.29, 0.717) is 12.2 Å². The molecule has 0 bridgehead atoms. The minimum Gasteiger partial charge on any atom is -0.489 e. The first-order valence-corrected chi connectivity index (χ1v) is 6.74. The third-order valence-corrected chi connectivity index (χ3v) is 4.06. The highest BCUT2D eigenvalue weighted by Crippen LogP contribution is 2.44. The molecule has 1 aromatic rings. The van der Waals surface area contributed by atoms with E-state index in [0.717, 1.165) is 5.56 Å². The first-order chi connectivity index (χ1) is 9.59. The Morgan fingerprint density at radius 3 is 2.38 bits per heavy atom. The monoisotopic (exact) mass is 304 g/mol.